The molecule has 0 radical (unpaired) electrons. The largest absolute Gasteiger partial charge is 0.515 e. The Hall–Kier alpha value is -0.790. The van der Waals surface area contributed by atoms with Gasteiger partial charge in [0.25, 0.3) is 0 Å². The molecule has 5 aliphatic rings. The molecule has 0 saturated heterocycles. The number of carbonyl (C=O) groups excluding carboxylic acids is 1. The van der Waals surface area contributed by atoms with Crippen molar-refractivity contribution in [3.8, 4) is 0 Å². The number of Topliss-reactive ketones (excluding diaryl/α,β-unsaturated/α-hetero) is 1. The Morgan fingerprint density at radius 2 is 1.55 bits per heavy atom. The van der Waals surface area contributed by atoms with E-state index in [0.717, 1.165) is 36.4 Å². The van der Waals surface area contributed by atoms with Gasteiger partial charge in [0.1, 0.15) is 0 Å². The van der Waals surface area contributed by atoms with E-state index in [9.17, 15) is 9.90 Å². The van der Waals surface area contributed by atoms with Crippen LogP contribution >= 0.6 is 0 Å². The fourth-order valence-corrected chi connectivity index (χ4v) is 11.7. The first-order chi connectivity index (χ1) is 15.3. The average Bonchev–Trinajstić information content (AvgIpc) is 3.09. The quantitative estimate of drug-likeness (QED) is 0.319. The lowest BCUT2D eigenvalue weighted by Gasteiger charge is -2.72. The highest BCUT2D eigenvalue weighted by Crippen LogP contribution is 2.77. The van der Waals surface area contributed by atoms with E-state index in [1.54, 1.807) is 0 Å². The lowest BCUT2D eigenvalue weighted by atomic mass is 9.32. The van der Waals surface area contributed by atoms with Crippen molar-refractivity contribution in [2.24, 2.45) is 62.6 Å². The number of aliphatic hydroxyl groups is 1. The zero-order chi connectivity index (χ0) is 24.2. The molecular formula is C31H50O2. The first kappa shape index (κ1) is 23.9. The molecule has 1 N–H and O–H groups in total. The number of ketones is 1. The average molecular weight is 455 g/mol. The molecule has 0 spiro atoms. The molecule has 0 unspecified atom stereocenters. The van der Waals surface area contributed by atoms with Crippen LogP contribution in [-0.4, -0.2) is 10.9 Å². The molecule has 2 heteroatoms. The second kappa shape index (κ2) is 7.13. The normalized spacial score (nSPS) is 54.5. The van der Waals surface area contributed by atoms with Crippen LogP contribution in [0.2, 0.25) is 0 Å². The van der Waals surface area contributed by atoms with E-state index in [0.29, 0.717) is 33.7 Å². The Morgan fingerprint density at radius 1 is 0.848 bits per heavy atom. The summed E-state index contributed by atoms with van der Waals surface area (Å²) >= 11 is 0. The first-order valence-electron chi connectivity index (χ1n) is 14.1. The second-order valence-corrected chi connectivity index (χ2v) is 15.2. The summed E-state index contributed by atoms with van der Waals surface area (Å²) in [6.45, 7) is 19.8. The van der Waals surface area contributed by atoms with Crippen LogP contribution in [-0.2, 0) is 4.79 Å². The zero-order valence-electron chi connectivity index (χ0n) is 22.8. The van der Waals surface area contributed by atoms with Crippen molar-refractivity contribution >= 4 is 5.78 Å². The van der Waals surface area contributed by atoms with Crippen LogP contribution < -0.4 is 0 Å². The molecular weight excluding hydrogens is 404 g/mol. The molecule has 9 atom stereocenters. The highest BCUT2D eigenvalue weighted by molar-refractivity contribution is 6.00. The van der Waals surface area contributed by atoms with E-state index >= 15 is 0 Å². The Morgan fingerprint density at radius 3 is 2.18 bits per heavy atom. The van der Waals surface area contributed by atoms with Gasteiger partial charge in [0.2, 0.25) is 0 Å². The number of fused-ring (bicyclic) bond motifs is 7. The van der Waals surface area contributed by atoms with Crippen molar-refractivity contribution < 1.29 is 9.90 Å². The van der Waals surface area contributed by atoms with Crippen LogP contribution in [0.5, 0.6) is 0 Å². The van der Waals surface area contributed by atoms with Crippen molar-refractivity contribution in [1.29, 1.82) is 0 Å². The number of hydrogen-bond acceptors (Lipinski definition) is 2. The van der Waals surface area contributed by atoms with E-state index in [2.05, 4.69) is 55.4 Å². The monoisotopic (exact) mass is 454 g/mol. The van der Waals surface area contributed by atoms with Crippen LogP contribution in [0.4, 0.5) is 0 Å². The van der Waals surface area contributed by atoms with Gasteiger partial charge in [-0.05, 0) is 115 Å². The molecule has 0 bridgehead atoms. The van der Waals surface area contributed by atoms with E-state index in [-0.39, 0.29) is 16.6 Å². The molecule has 186 valence electrons. The fraction of sp³-hybridized carbons (Fsp3) is 0.903. The van der Waals surface area contributed by atoms with Gasteiger partial charge < -0.3 is 5.11 Å². The molecule has 5 aliphatic carbocycles. The predicted octanol–water partition coefficient (Wildman–Crippen LogP) is 8.36. The molecule has 2 nitrogen and oxygen atoms in total. The summed E-state index contributed by atoms with van der Waals surface area (Å²) in [6.07, 6.45) is 12.7. The summed E-state index contributed by atoms with van der Waals surface area (Å²) in [4.78, 5) is 13.2. The van der Waals surface area contributed by atoms with Crippen molar-refractivity contribution in [1.82, 2.24) is 0 Å². The van der Waals surface area contributed by atoms with Crippen LogP contribution in [0.25, 0.3) is 0 Å². The number of carbonyl (C=O) groups is 1. The topological polar surface area (TPSA) is 37.3 Å². The van der Waals surface area contributed by atoms with Gasteiger partial charge in [0.15, 0.2) is 5.78 Å². The maximum atomic E-state index is 13.2. The van der Waals surface area contributed by atoms with Gasteiger partial charge in [-0.2, -0.15) is 0 Å². The van der Waals surface area contributed by atoms with Crippen molar-refractivity contribution in [3.05, 3.63) is 11.8 Å². The first-order valence-corrected chi connectivity index (χ1v) is 14.1. The molecule has 33 heavy (non-hydrogen) atoms. The highest BCUT2D eigenvalue weighted by atomic mass is 16.2. The molecule has 5 rings (SSSR count). The summed E-state index contributed by atoms with van der Waals surface area (Å²) in [5.41, 5.74) is 1.67. The third kappa shape index (κ3) is 2.82. The van der Waals surface area contributed by atoms with Crippen molar-refractivity contribution in [2.45, 2.75) is 113 Å². The van der Waals surface area contributed by atoms with Crippen molar-refractivity contribution in [2.75, 3.05) is 0 Å². The van der Waals surface area contributed by atoms with Gasteiger partial charge in [-0.15, -0.1) is 0 Å². The van der Waals surface area contributed by atoms with Crippen LogP contribution in [0.3, 0.4) is 0 Å². The summed E-state index contributed by atoms with van der Waals surface area (Å²) in [5, 5.41) is 10.0. The number of rotatable bonds is 1. The number of hydrogen-bond donors (Lipinski definition) is 1. The van der Waals surface area contributed by atoms with Crippen LogP contribution in [0.15, 0.2) is 11.8 Å². The van der Waals surface area contributed by atoms with Gasteiger partial charge in [-0.1, -0.05) is 55.4 Å². The molecule has 0 amide bonds. The predicted molar refractivity (Wildman–Crippen MR) is 136 cm³/mol. The van der Waals surface area contributed by atoms with Gasteiger partial charge in [-0.25, -0.2) is 0 Å². The Balaban J connectivity index is 1.57. The second-order valence-electron chi connectivity index (χ2n) is 15.2. The molecule has 0 aromatic carbocycles. The minimum Gasteiger partial charge on any atom is -0.515 e. The maximum absolute atomic E-state index is 13.2. The third-order valence-corrected chi connectivity index (χ3v) is 13.5. The van der Waals surface area contributed by atoms with Crippen LogP contribution in [0, 0.1) is 62.6 Å². The number of allylic oxidation sites excluding steroid dienone is 1. The fourth-order valence-electron chi connectivity index (χ4n) is 11.7. The summed E-state index contributed by atoms with van der Waals surface area (Å²) in [7, 11) is 0. The highest BCUT2D eigenvalue weighted by Gasteiger charge is 2.70. The molecule has 0 aromatic heterocycles. The van der Waals surface area contributed by atoms with E-state index < -0.39 is 0 Å². The molecule has 5 saturated carbocycles. The standard InChI is InChI=1S/C31H50O2/c1-19(2)21-11-13-28(5)15-16-30(7)22(25(21)28)9-10-24-29(6)17-20(18-32)26(33)27(3,4)23(29)12-14-31(24,30)8/h18-19,21-25,32H,9-17H2,1-8H3/b20-18-/t21-,22+,23-,24+,25+,28+,29-,30+,31-/m0/s1. The Kier molecular flexibility index (Phi) is 5.17. The van der Waals surface area contributed by atoms with Crippen molar-refractivity contribution in [3.63, 3.8) is 0 Å². The Labute approximate surface area is 203 Å². The summed E-state index contributed by atoms with van der Waals surface area (Å²) in [5.74, 6) is 4.66. The molecule has 5 fully saturated rings. The minimum atomic E-state index is -0.375. The SMILES string of the molecule is CC(C)[C@@H]1CC[C@]2(C)CC[C@]3(C)[C@H](CC[C@@H]4[C@@]5(C)C/C(=C/O)C(=O)C(C)(C)[C@@H]5CC[C@@]43C)[C@@H]12. The third-order valence-electron chi connectivity index (χ3n) is 13.5. The van der Waals surface area contributed by atoms with Gasteiger partial charge >= 0.3 is 0 Å². The smallest absolute Gasteiger partial charge is 0.167 e. The van der Waals surface area contributed by atoms with Gasteiger partial charge in [0.05, 0.1) is 6.26 Å². The molecule has 0 aromatic rings. The number of aliphatic hydroxyl groups excluding tert-OH is 1. The molecule has 0 aliphatic heterocycles. The Bertz CT molecular complexity index is 868. The van der Waals surface area contributed by atoms with E-state index in [1.807, 2.05) is 0 Å². The summed E-state index contributed by atoms with van der Waals surface area (Å²) < 4.78 is 0. The van der Waals surface area contributed by atoms with Gasteiger partial charge in [-0.3, -0.25) is 4.79 Å². The molecule has 0 heterocycles. The zero-order valence-corrected chi connectivity index (χ0v) is 22.8. The van der Waals surface area contributed by atoms with E-state index in [1.165, 1.54) is 51.4 Å². The lowest BCUT2D eigenvalue weighted by Crippen LogP contribution is -2.66. The maximum Gasteiger partial charge on any atom is 0.167 e. The minimum absolute atomic E-state index is 0.0980. The lowest BCUT2D eigenvalue weighted by molar-refractivity contribution is -0.230. The van der Waals surface area contributed by atoms with Gasteiger partial charge in [0, 0.05) is 11.0 Å². The van der Waals surface area contributed by atoms with Crippen LogP contribution in [0.1, 0.15) is 113 Å². The summed E-state index contributed by atoms with van der Waals surface area (Å²) in [6, 6.07) is 0. The van der Waals surface area contributed by atoms with E-state index in [4.69, 9.17) is 0 Å².